The van der Waals surface area contributed by atoms with Gasteiger partial charge >= 0.3 is 0 Å². The maximum absolute atomic E-state index is 13.5. The van der Waals surface area contributed by atoms with Gasteiger partial charge in [-0.1, -0.05) is 41.9 Å². The van der Waals surface area contributed by atoms with E-state index >= 15 is 0 Å². The molecule has 3 amide bonds. The van der Waals surface area contributed by atoms with Gasteiger partial charge in [0, 0.05) is 27.2 Å². The van der Waals surface area contributed by atoms with E-state index in [0.29, 0.717) is 45.0 Å². The van der Waals surface area contributed by atoms with Gasteiger partial charge in [0.15, 0.2) is 0 Å². The Morgan fingerprint density at radius 3 is 2.28 bits per heavy atom. The van der Waals surface area contributed by atoms with Crippen LogP contribution in [0.2, 0.25) is 5.02 Å². The lowest BCUT2D eigenvalue weighted by atomic mass is 10.1. The average Bonchev–Trinajstić information content (AvgIpc) is 3.56. The van der Waals surface area contributed by atoms with E-state index in [1.165, 1.54) is 24.9 Å². The Morgan fingerprint density at radius 1 is 0.809 bits per heavy atom. The first kappa shape index (κ1) is 32.9. The highest BCUT2D eigenvalue weighted by Crippen LogP contribution is 2.32. The molecule has 0 bridgehead atoms. The standard InChI is InChI=1S/C36H30ClN3O6S/c1-44-31-11-7-6-10-28(31)32-19-15-26(46-32)21-30(40-35(42)23-8-4-3-5-9-23)36(43)38-25-13-16-27(17-14-25)47-22-34(41)39-29-20-24(37)12-18-33(29)45-2/h3-21H,22H2,1-2H3,(H,38,43)(H,39,41)(H,40,42)/b30-21+. The Labute approximate surface area is 280 Å². The van der Waals surface area contributed by atoms with Gasteiger partial charge in [0.25, 0.3) is 11.8 Å². The fourth-order valence-electron chi connectivity index (χ4n) is 4.45. The van der Waals surface area contributed by atoms with Gasteiger partial charge in [-0.05, 0) is 78.9 Å². The summed E-state index contributed by atoms with van der Waals surface area (Å²) in [5, 5.41) is 8.81. The number of para-hydroxylation sites is 1. The number of rotatable bonds is 12. The van der Waals surface area contributed by atoms with Crippen molar-refractivity contribution in [2.24, 2.45) is 0 Å². The highest BCUT2D eigenvalue weighted by molar-refractivity contribution is 8.00. The van der Waals surface area contributed by atoms with Crippen LogP contribution in [-0.2, 0) is 9.59 Å². The molecule has 3 N–H and O–H groups in total. The van der Waals surface area contributed by atoms with Crippen molar-refractivity contribution in [3.8, 4) is 22.8 Å². The van der Waals surface area contributed by atoms with Crippen LogP contribution in [-0.4, -0.2) is 37.7 Å². The molecule has 1 aromatic heterocycles. The molecule has 238 valence electrons. The highest BCUT2D eigenvalue weighted by atomic mass is 35.5. The Bertz CT molecular complexity index is 1910. The summed E-state index contributed by atoms with van der Waals surface area (Å²) in [5.41, 5.74) is 2.08. The number of furan rings is 1. The van der Waals surface area contributed by atoms with Gasteiger partial charge in [-0.15, -0.1) is 11.8 Å². The number of hydrogen-bond donors (Lipinski definition) is 3. The molecular formula is C36H30ClN3O6S. The topological polar surface area (TPSA) is 119 Å². The summed E-state index contributed by atoms with van der Waals surface area (Å²) in [6.45, 7) is 0. The van der Waals surface area contributed by atoms with Crippen LogP contribution >= 0.6 is 23.4 Å². The number of anilines is 2. The molecule has 0 aliphatic heterocycles. The molecule has 0 fully saturated rings. The lowest BCUT2D eigenvalue weighted by Gasteiger charge is -2.12. The van der Waals surface area contributed by atoms with Crippen LogP contribution in [0.25, 0.3) is 17.4 Å². The molecule has 9 nitrogen and oxygen atoms in total. The van der Waals surface area contributed by atoms with E-state index in [4.69, 9.17) is 25.5 Å². The number of carbonyl (C=O) groups excluding carboxylic acids is 3. The van der Waals surface area contributed by atoms with Crippen molar-refractivity contribution < 1.29 is 28.3 Å². The molecule has 5 aromatic rings. The van der Waals surface area contributed by atoms with Crippen molar-refractivity contribution in [3.05, 3.63) is 131 Å². The molecule has 0 saturated heterocycles. The zero-order chi connectivity index (χ0) is 33.2. The lowest BCUT2D eigenvalue weighted by Crippen LogP contribution is -2.30. The number of carbonyl (C=O) groups is 3. The van der Waals surface area contributed by atoms with Crippen molar-refractivity contribution >= 4 is 58.5 Å². The van der Waals surface area contributed by atoms with Crippen LogP contribution in [0.15, 0.2) is 124 Å². The van der Waals surface area contributed by atoms with Gasteiger partial charge in [-0.3, -0.25) is 14.4 Å². The fourth-order valence-corrected chi connectivity index (χ4v) is 5.32. The number of methoxy groups -OCH3 is 2. The van der Waals surface area contributed by atoms with Crippen LogP contribution in [0.1, 0.15) is 16.1 Å². The fraction of sp³-hybridized carbons (Fsp3) is 0.0833. The minimum Gasteiger partial charge on any atom is -0.496 e. The zero-order valence-corrected chi connectivity index (χ0v) is 27.0. The number of nitrogens with one attached hydrogen (secondary N) is 3. The number of ether oxygens (including phenoxy) is 2. The first-order chi connectivity index (χ1) is 22.8. The molecule has 0 atom stereocenters. The summed E-state index contributed by atoms with van der Waals surface area (Å²) >= 11 is 7.37. The SMILES string of the molecule is COc1ccc(Cl)cc1NC(=O)CSc1ccc(NC(=O)/C(=C\c2ccc(-c3ccccc3OC)o2)NC(=O)c2ccccc2)cc1. The minimum absolute atomic E-state index is 0.0219. The predicted molar refractivity (Wildman–Crippen MR) is 185 cm³/mol. The summed E-state index contributed by atoms with van der Waals surface area (Å²) in [5.74, 6) is 0.926. The predicted octanol–water partition coefficient (Wildman–Crippen LogP) is 7.76. The van der Waals surface area contributed by atoms with Gasteiger partial charge in [0.05, 0.1) is 31.2 Å². The second-order valence-corrected chi connectivity index (χ2v) is 11.4. The molecule has 11 heteroatoms. The van der Waals surface area contributed by atoms with Crippen LogP contribution < -0.4 is 25.4 Å². The molecule has 5 rings (SSSR count). The third-order valence-electron chi connectivity index (χ3n) is 6.73. The quantitative estimate of drug-likeness (QED) is 0.0919. The van der Waals surface area contributed by atoms with Crippen molar-refractivity contribution in [2.75, 3.05) is 30.6 Å². The first-order valence-corrected chi connectivity index (χ1v) is 15.7. The smallest absolute Gasteiger partial charge is 0.272 e. The summed E-state index contributed by atoms with van der Waals surface area (Å²) in [6.07, 6.45) is 1.47. The van der Waals surface area contributed by atoms with Crippen molar-refractivity contribution in [1.29, 1.82) is 0 Å². The Hall–Kier alpha value is -5.45. The molecule has 0 aliphatic rings. The zero-order valence-electron chi connectivity index (χ0n) is 25.4. The van der Waals surface area contributed by atoms with E-state index in [-0.39, 0.29) is 17.4 Å². The van der Waals surface area contributed by atoms with E-state index < -0.39 is 11.8 Å². The third-order valence-corrected chi connectivity index (χ3v) is 7.98. The largest absolute Gasteiger partial charge is 0.496 e. The van der Waals surface area contributed by atoms with Gasteiger partial charge in [-0.25, -0.2) is 0 Å². The second kappa shape index (κ2) is 15.7. The molecular weight excluding hydrogens is 638 g/mol. The van der Waals surface area contributed by atoms with Crippen LogP contribution in [0.5, 0.6) is 11.5 Å². The Balaban J connectivity index is 1.28. The van der Waals surface area contributed by atoms with Crippen molar-refractivity contribution in [2.45, 2.75) is 4.90 Å². The van der Waals surface area contributed by atoms with E-state index in [1.54, 1.807) is 92.0 Å². The summed E-state index contributed by atoms with van der Waals surface area (Å²) < 4.78 is 16.7. The van der Waals surface area contributed by atoms with E-state index in [9.17, 15) is 14.4 Å². The Kier molecular flexibility index (Phi) is 11.0. The van der Waals surface area contributed by atoms with Gasteiger partial charge < -0.3 is 29.8 Å². The first-order valence-electron chi connectivity index (χ1n) is 14.3. The molecule has 0 spiro atoms. The molecule has 0 radical (unpaired) electrons. The van der Waals surface area contributed by atoms with E-state index in [1.807, 2.05) is 24.3 Å². The summed E-state index contributed by atoms with van der Waals surface area (Å²) in [6, 6.07) is 31.4. The second-order valence-electron chi connectivity index (χ2n) is 9.94. The number of halogens is 1. The number of amides is 3. The lowest BCUT2D eigenvalue weighted by molar-refractivity contribution is -0.114. The normalized spacial score (nSPS) is 11.0. The maximum atomic E-state index is 13.5. The minimum atomic E-state index is -0.556. The van der Waals surface area contributed by atoms with Crippen molar-refractivity contribution in [3.63, 3.8) is 0 Å². The molecule has 0 aliphatic carbocycles. The van der Waals surface area contributed by atoms with Crippen molar-refractivity contribution in [1.82, 2.24) is 5.32 Å². The number of thioether (sulfide) groups is 1. The molecule has 47 heavy (non-hydrogen) atoms. The molecule has 0 unspecified atom stereocenters. The molecule has 4 aromatic carbocycles. The summed E-state index contributed by atoms with van der Waals surface area (Å²) in [4.78, 5) is 39.9. The summed E-state index contributed by atoms with van der Waals surface area (Å²) in [7, 11) is 3.09. The monoisotopic (exact) mass is 667 g/mol. The van der Waals surface area contributed by atoms with Gasteiger partial charge in [-0.2, -0.15) is 0 Å². The number of hydrogen-bond acceptors (Lipinski definition) is 7. The van der Waals surface area contributed by atoms with E-state index in [2.05, 4.69) is 16.0 Å². The van der Waals surface area contributed by atoms with Gasteiger partial charge in [0.1, 0.15) is 28.7 Å². The average molecular weight is 668 g/mol. The van der Waals surface area contributed by atoms with Gasteiger partial charge in [0.2, 0.25) is 5.91 Å². The maximum Gasteiger partial charge on any atom is 0.272 e. The van der Waals surface area contributed by atoms with Crippen LogP contribution in [0.4, 0.5) is 11.4 Å². The third kappa shape index (κ3) is 8.84. The number of benzene rings is 4. The van der Waals surface area contributed by atoms with E-state index in [0.717, 1.165) is 10.5 Å². The van der Waals surface area contributed by atoms with Crippen LogP contribution in [0, 0.1) is 0 Å². The molecule has 0 saturated carbocycles. The highest BCUT2D eigenvalue weighted by Gasteiger charge is 2.17. The molecule has 1 heterocycles. The van der Waals surface area contributed by atoms with Crippen LogP contribution in [0.3, 0.4) is 0 Å². The Morgan fingerprint density at radius 2 is 1.53 bits per heavy atom.